The molecule has 0 aliphatic carbocycles. The maximum Gasteiger partial charge on any atom is 0.416 e. The first-order chi connectivity index (χ1) is 9.75. The highest BCUT2D eigenvalue weighted by atomic mass is 19.4. The molecule has 0 saturated carbocycles. The standard InChI is InChI=1S/C15H21F3N2O/c1-19(2)9-13-7-14(21)10-20(13)8-11-4-3-5-12(6-11)15(16,17)18/h3-6,13-14,21H,7-10H2,1-2H3. The van der Waals surface area contributed by atoms with Crippen LogP contribution in [0.1, 0.15) is 17.5 Å². The van der Waals surface area contributed by atoms with Crippen molar-refractivity contribution in [2.75, 3.05) is 27.2 Å². The number of hydrogen-bond acceptors (Lipinski definition) is 3. The number of halogens is 3. The number of likely N-dealkylation sites (N-methyl/N-ethyl adjacent to an activating group) is 1. The third-order valence-electron chi connectivity index (χ3n) is 3.72. The van der Waals surface area contributed by atoms with Crippen LogP contribution in [0, 0.1) is 0 Å². The number of β-amino-alcohol motifs (C(OH)–C–C–N with tert-alkyl or cyclic N) is 1. The summed E-state index contributed by atoms with van der Waals surface area (Å²) in [6.45, 7) is 1.73. The third-order valence-corrected chi connectivity index (χ3v) is 3.72. The predicted molar refractivity (Wildman–Crippen MR) is 74.8 cm³/mol. The van der Waals surface area contributed by atoms with E-state index < -0.39 is 17.8 Å². The molecule has 0 amide bonds. The number of rotatable bonds is 4. The van der Waals surface area contributed by atoms with Gasteiger partial charge in [0.15, 0.2) is 0 Å². The molecule has 1 heterocycles. The van der Waals surface area contributed by atoms with Crippen molar-refractivity contribution in [1.29, 1.82) is 0 Å². The van der Waals surface area contributed by atoms with E-state index in [0.717, 1.165) is 12.6 Å². The normalized spacial score (nSPS) is 24.0. The molecule has 1 aromatic carbocycles. The van der Waals surface area contributed by atoms with Gasteiger partial charge in [-0.25, -0.2) is 0 Å². The Morgan fingerprint density at radius 3 is 2.67 bits per heavy atom. The molecule has 1 N–H and O–H groups in total. The number of likely N-dealkylation sites (tertiary alicyclic amines) is 1. The van der Waals surface area contributed by atoms with Crippen molar-refractivity contribution in [2.45, 2.75) is 31.3 Å². The third kappa shape index (κ3) is 4.43. The second kappa shape index (κ2) is 6.34. The number of hydrogen-bond donors (Lipinski definition) is 1. The lowest BCUT2D eigenvalue weighted by Crippen LogP contribution is -2.37. The molecule has 6 heteroatoms. The Bertz CT molecular complexity index is 476. The SMILES string of the molecule is CN(C)CC1CC(O)CN1Cc1cccc(C(F)(F)F)c1. The molecule has 1 aliphatic rings. The summed E-state index contributed by atoms with van der Waals surface area (Å²) in [4.78, 5) is 4.09. The number of alkyl halides is 3. The molecule has 0 aromatic heterocycles. The molecule has 118 valence electrons. The lowest BCUT2D eigenvalue weighted by atomic mass is 10.1. The molecule has 3 nitrogen and oxygen atoms in total. The largest absolute Gasteiger partial charge is 0.416 e. The van der Waals surface area contributed by atoms with Crippen LogP contribution in [0.2, 0.25) is 0 Å². The van der Waals surface area contributed by atoms with E-state index in [4.69, 9.17) is 0 Å². The maximum absolute atomic E-state index is 12.7. The molecule has 1 saturated heterocycles. The average molecular weight is 302 g/mol. The van der Waals surface area contributed by atoms with E-state index in [1.54, 1.807) is 6.07 Å². The second-order valence-electron chi connectivity index (χ2n) is 5.93. The van der Waals surface area contributed by atoms with Crippen LogP contribution in [0.4, 0.5) is 13.2 Å². The molecule has 0 spiro atoms. The summed E-state index contributed by atoms with van der Waals surface area (Å²) in [7, 11) is 3.90. The van der Waals surface area contributed by atoms with Gasteiger partial charge in [0.2, 0.25) is 0 Å². The molecule has 2 atom stereocenters. The summed E-state index contributed by atoms with van der Waals surface area (Å²) >= 11 is 0. The first-order valence-corrected chi connectivity index (χ1v) is 6.98. The van der Waals surface area contributed by atoms with E-state index >= 15 is 0 Å². The zero-order valence-corrected chi connectivity index (χ0v) is 12.3. The zero-order chi connectivity index (χ0) is 15.6. The molecular formula is C15H21F3N2O. The van der Waals surface area contributed by atoms with Gasteiger partial charge in [0.25, 0.3) is 0 Å². The van der Waals surface area contributed by atoms with Crippen LogP contribution in [0.5, 0.6) is 0 Å². The van der Waals surface area contributed by atoms with Crippen LogP contribution in [0.3, 0.4) is 0 Å². The van der Waals surface area contributed by atoms with E-state index in [1.165, 1.54) is 12.1 Å². The van der Waals surface area contributed by atoms with E-state index in [-0.39, 0.29) is 6.04 Å². The quantitative estimate of drug-likeness (QED) is 0.924. The molecule has 2 unspecified atom stereocenters. The Labute approximate surface area is 123 Å². The van der Waals surface area contributed by atoms with Gasteiger partial charge in [0, 0.05) is 25.7 Å². The summed E-state index contributed by atoms with van der Waals surface area (Å²) in [6, 6.07) is 5.58. The lowest BCUT2D eigenvalue weighted by Gasteiger charge is -2.26. The van der Waals surface area contributed by atoms with E-state index in [2.05, 4.69) is 4.90 Å². The summed E-state index contributed by atoms with van der Waals surface area (Å²) in [5.41, 5.74) is 0.00610. The van der Waals surface area contributed by atoms with Gasteiger partial charge < -0.3 is 10.0 Å². The Balaban J connectivity index is 2.09. The minimum absolute atomic E-state index is 0.171. The van der Waals surface area contributed by atoms with Gasteiger partial charge in [0.05, 0.1) is 11.7 Å². The van der Waals surface area contributed by atoms with E-state index in [9.17, 15) is 18.3 Å². The van der Waals surface area contributed by atoms with E-state index in [0.29, 0.717) is 25.1 Å². The van der Waals surface area contributed by atoms with Crippen LogP contribution in [0.25, 0.3) is 0 Å². The van der Waals surface area contributed by atoms with Crippen LogP contribution in [-0.2, 0) is 12.7 Å². The first-order valence-electron chi connectivity index (χ1n) is 6.98. The fourth-order valence-electron chi connectivity index (χ4n) is 2.84. The highest BCUT2D eigenvalue weighted by Crippen LogP contribution is 2.30. The number of aliphatic hydroxyl groups is 1. The van der Waals surface area contributed by atoms with Gasteiger partial charge in [-0.15, -0.1) is 0 Å². The maximum atomic E-state index is 12.7. The smallest absolute Gasteiger partial charge is 0.392 e. The highest BCUT2D eigenvalue weighted by Gasteiger charge is 2.33. The molecule has 0 radical (unpaired) electrons. The summed E-state index contributed by atoms with van der Waals surface area (Å²) in [5, 5.41) is 9.80. The molecule has 1 aliphatic heterocycles. The van der Waals surface area contributed by atoms with Crippen LogP contribution < -0.4 is 0 Å². The Kier molecular flexibility index (Phi) is 4.91. The highest BCUT2D eigenvalue weighted by molar-refractivity contribution is 5.25. The van der Waals surface area contributed by atoms with Gasteiger partial charge in [-0.3, -0.25) is 4.90 Å². The van der Waals surface area contributed by atoms with E-state index in [1.807, 2.05) is 19.0 Å². The Morgan fingerprint density at radius 1 is 1.33 bits per heavy atom. The van der Waals surface area contributed by atoms with Crippen molar-refractivity contribution >= 4 is 0 Å². The summed E-state index contributed by atoms with van der Waals surface area (Å²) in [6.07, 6.45) is -4.05. The van der Waals surface area contributed by atoms with Gasteiger partial charge in [-0.1, -0.05) is 18.2 Å². The van der Waals surface area contributed by atoms with Crippen molar-refractivity contribution in [3.05, 3.63) is 35.4 Å². The summed E-state index contributed by atoms with van der Waals surface area (Å²) < 4.78 is 38.2. The molecular weight excluding hydrogens is 281 g/mol. The van der Waals surface area contributed by atoms with Crippen molar-refractivity contribution in [2.24, 2.45) is 0 Å². The van der Waals surface area contributed by atoms with Gasteiger partial charge >= 0.3 is 6.18 Å². The monoisotopic (exact) mass is 302 g/mol. The summed E-state index contributed by atoms with van der Waals surface area (Å²) in [5.74, 6) is 0. The van der Waals surface area contributed by atoms with Gasteiger partial charge in [-0.2, -0.15) is 13.2 Å². The number of aliphatic hydroxyl groups excluding tert-OH is 1. The number of benzene rings is 1. The number of nitrogens with zero attached hydrogens (tertiary/aromatic N) is 2. The Hall–Kier alpha value is -1.11. The molecule has 0 bridgehead atoms. The van der Waals surface area contributed by atoms with Crippen LogP contribution in [0.15, 0.2) is 24.3 Å². The van der Waals surface area contributed by atoms with Crippen molar-refractivity contribution in [3.63, 3.8) is 0 Å². The molecule has 1 aromatic rings. The zero-order valence-electron chi connectivity index (χ0n) is 12.3. The van der Waals surface area contributed by atoms with Crippen molar-refractivity contribution in [1.82, 2.24) is 9.80 Å². The van der Waals surface area contributed by atoms with Crippen molar-refractivity contribution in [3.8, 4) is 0 Å². The predicted octanol–water partition coefficient (Wildman–Crippen LogP) is 2.20. The van der Waals surface area contributed by atoms with Crippen molar-refractivity contribution < 1.29 is 18.3 Å². The fourth-order valence-corrected chi connectivity index (χ4v) is 2.84. The topological polar surface area (TPSA) is 26.7 Å². The van der Waals surface area contributed by atoms with Gasteiger partial charge in [-0.05, 0) is 32.1 Å². The minimum Gasteiger partial charge on any atom is -0.392 e. The van der Waals surface area contributed by atoms with Crippen LogP contribution >= 0.6 is 0 Å². The fraction of sp³-hybridized carbons (Fsp3) is 0.600. The van der Waals surface area contributed by atoms with Crippen LogP contribution in [-0.4, -0.2) is 54.2 Å². The average Bonchev–Trinajstić information content (AvgIpc) is 2.68. The molecule has 21 heavy (non-hydrogen) atoms. The molecule has 1 fully saturated rings. The lowest BCUT2D eigenvalue weighted by molar-refractivity contribution is -0.137. The Morgan fingerprint density at radius 2 is 2.05 bits per heavy atom. The minimum atomic E-state index is -4.32. The second-order valence-corrected chi connectivity index (χ2v) is 5.93. The molecule has 2 rings (SSSR count). The van der Waals surface area contributed by atoms with Gasteiger partial charge in [0.1, 0.15) is 0 Å². The first kappa shape index (κ1) is 16.3.